The first-order chi connectivity index (χ1) is 17.6. The highest BCUT2D eigenvalue weighted by molar-refractivity contribution is 7.90. The molecule has 204 valence electrons. The number of sulfone groups is 1. The maximum atomic E-state index is 13.2. The molecule has 1 aliphatic carbocycles. The highest BCUT2D eigenvalue weighted by Gasteiger charge is 2.32. The van der Waals surface area contributed by atoms with Gasteiger partial charge < -0.3 is 14.5 Å². The van der Waals surface area contributed by atoms with Crippen LogP contribution in [0.25, 0.3) is 0 Å². The van der Waals surface area contributed by atoms with Crippen molar-refractivity contribution in [3.63, 3.8) is 0 Å². The monoisotopic (exact) mass is 532 g/mol. The third-order valence-corrected chi connectivity index (χ3v) is 9.76. The van der Waals surface area contributed by atoms with Crippen LogP contribution < -0.4 is 4.74 Å². The van der Waals surface area contributed by atoms with Crippen molar-refractivity contribution < 1.29 is 17.9 Å². The highest BCUT2D eigenvalue weighted by Crippen LogP contribution is 2.29. The van der Waals surface area contributed by atoms with Crippen molar-refractivity contribution in [1.29, 1.82) is 0 Å². The number of carbonyl (C=O) groups excluding carboxylic acids is 1. The van der Waals surface area contributed by atoms with Crippen LogP contribution in [0.15, 0.2) is 23.2 Å². The summed E-state index contributed by atoms with van der Waals surface area (Å²) in [5.41, 5.74) is 1.57. The Bertz CT molecular complexity index is 1180. The Morgan fingerprint density at radius 3 is 2.46 bits per heavy atom. The Labute approximate surface area is 220 Å². The number of hydrogen-bond donors (Lipinski definition) is 0. The van der Waals surface area contributed by atoms with Gasteiger partial charge in [0.15, 0.2) is 9.84 Å². The summed E-state index contributed by atoms with van der Waals surface area (Å²) in [7, 11) is 1.95. The molecule has 2 aromatic rings. The van der Waals surface area contributed by atoms with E-state index in [4.69, 9.17) is 4.74 Å². The summed E-state index contributed by atoms with van der Waals surface area (Å²) >= 11 is 0. The van der Waals surface area contributed by atoms with Gasteiger partial charge in [-0.2, -0.15) is 0 Å². The average molecular weight is 533 g/mol. The van der Waals surface area contributed by atoms with E-state index in [1.165, 1.54) is 11.1 Å². The lowest BCUT2D eigenvalue weighted by molar-refractivity contribution is -0.133. The number of piperazine rings is 1. The summed E-state index contributed by atoms with van der Waals surface area (Å²) in [5.74, 6) is 0.306. The molecule has 10 nitrogen and oxygen atoms in total. The number of carbonyl (C=O) groups is 1. The number of nitrogens with zero attached hydrogens (tertiary/aromatic N) is 6. The van der Waals surface area contributed by atoms with E-state index in [1.54, 1.807) is 39.3 Å². The minimum atomic E-state index is -3.64. The number of methoxy groups -OCH3 is 1. The molecule has 1 aromatic carbocycles. The molecule has 0 N–H and O–H groups in total. The Hall–Kier alpha value is -2.50. The summed E-state index contributed by atoms with van der Waals surface area (Å²) in [6.45, 7) is 7.92. The quantitative estimate of drug-likeness (QED) is 0.508. The topological polar surface area (TPSA) is 101 Å². The normalized spacial score (nSPS) is 21.6. The van der Waals surface area contributed by atoms with Crippen LogP contribution in [0.5, 0.6) is 5.75 Å². The summed E-state index contributed by atoms with van der Waals surface area (Å²) in [6, 6.07) is 4.15. The molecule has 37 heavy (non-hydrogen) atoms. The largest absolute Gasteiger partial charge is 0.497 e. The van der Waals surface area contributed by atoms with Gasteiger partial charge >= 0.3 is 0 Å². The standard InChI is InChI=1S/C26H40N6O4S/c1-19-13-24(36-5)14-20(2)26(19)37(34,35)18-21-16-32(28-27-21)17-25(33)30(4)22-7-6-8-23(15-22)31-11-9-29(3)10-12-31/h13-14,16,22-23H,6-12,15,17-18H2,1-5H3/t22-,23+/m0/s1. The van der Waals surface area contributed by atoms with Crippen LogP contribution in [0.3, 0.4) is 0 Å². The van der Waals surface area contributed by atoms with Crippen molar-refractivity contribution in [1.82, 2.24) is 29.7 Å². The molecule has 2 fully saturated rings. The predicted molar refractivity (Wildman–Crippen MR) is 141 cm³/mol. The number of aromatic nitrogens is 3. The zero-order valence-electron chi connectivity index (χ0n) is 22.7. The number of hydrogen-bond acceptors (Lipinski definition) is 8. The first-order valence-electron chi connectivity index (χ1n) is 13.0. The van der Waals surface area contributed by atoms with Crippen LogP contribution in [-0.4, -0.2) is 103 Å². The molecule has 1 amide bonds. The van der Waals surface area contributed by atoms with Crippen LogP contribution in [0, 0.1) is 13.8 Å². The molecule has 2 atom stereocenters. The first-order valence-corrected chi connectivity index (χ1v) is 14.7. The third-order valence-electron chi connectivity index (χ3n) is 7.82. The van der Waals surface area contributed by atoms with E-state index in [2.05, 4.69) is 27.2 Å². The van der Waals surface area contributed by atoms with Crippen LogP contribution in [-0.2, 0) is 26.9 Å². The first kappa shape index (κ1) is 27.5. The molecule has 1 aromatic heterocycles. The second-order valence-corrected chi connectivity index (χ2v) is 12.5. The van der Waals surface area contributed by atoms with E-state index in [1.807, 2.05) is 11.9 Å². The minimum absolute atomic E-state index is 0.0369. The number of benzene rings is 1. The zero-order valence-corrected chi connectivity index (χ0v) is 23.5. The second-order valence-electron chi connectivity index (χ2n) is 10.6. The van der Waals surface area contributed by atoms with E-state index >= 15 is 0 Å². The van der Waals surface area contributed by atoms with Gasteiger partial charge in [0.05, 0.1) is 23.9 Å². The van der Waals surface area contributed by atoms with Crippen LogP contribution >= 0.6 is 0 Å². The number of rotatable bonds is 8. The molecule has 11 heteroatoms. The van der Waals surface area contributed by atoms with E-state index in [0.717, 1.165) is 45.4 Å². The molecule has 2 aliphatic rings. The molecule has 0 unspecified atom stereocenters. The lowest BCUT2D eigenvalue weighted by Gasteiger charge is -2.43. The molecule has 1 saturated heterocycles. The summed E-state index contributed by atoms with van der Waals surface area (Å²) < 4.78 is 33.0. The van der Waals surface area contributed by atoms with Crippen molar-refractivity contribution >= 4 is 15.7 Å². The van der Waals surface area contributed by atoms with Crippen molar-refractivity contribution in [2.45, 2.75) is 68.8 Å². The Morgan fingerprint density at radius 2 is 1.81 bits per heavy atom. The maximum Gasteiger partial charge on any atom is 0.244 e. The minimum Gasteiger partial charge on any atom is -0.497 e. The van der Waals surface area contributed by atoms with Crippen molar-refractivity contribution in [2.75, 3.05) is 47.4 Å². The van der Waals surface area contributed by atoms with Gasteiger partial charge in [0.25, 0.3) is 0 Å². The van der Waals surface area contributed by atoms with Crippen molar-refractivity contribution in [2.24, 2.45) is 0 Å². The number of aryl methyl sites for hydroxylation is 2. The molecule has 2 heterocycles. The van der Waals surface area contributed by atoms with Crippen LogP contribution in [0.4, 0.5) is 0 Å². The molecule has 0 bridgehead atoms. The third kappa shape index (κ3) is 6.50. The van der Waals surface area contributed by atoms with Gasteiger partial charge in [-0.1, -0.05) is 5.21 Å². The Morgan fingerprint density at radius 1 is 1.14 bits per heavy atom. The van der Waals surface area contributed by atoms with Crippen molar-refractivity contribution in [3.8, 4) is 5.75 Å². The van der Waals surface area contributed by atoms with Gasteiger partial charge in [0, 0.05) is 45.3 Å². The van der Waals surface area contributed by atoms with E-state index in [9.17, 15) is 13.2 Å². The smallest absolute Gasteiger partial charge is 0.244 e. The van der Waals surface area contributed by atoms with Gasteiger partial charge in [-0.05, 0) is 69.8 Å². The van der Waals surface area contributed by atoms with Gasteiger partial charge in [-0.15, -0.1) is 5.10 Å². The van der Waals surface area contributed by atoms with Gasteiger partial charge in [-0.25, -0.2) is 13.1 Å². The molecule has 0 spiro atoms. The van der Waals surface area contributed by atoms with E-state index < -0.39 is 9.84 Å². The van der Waals surface area contributed by atoms with Crippen molar-refractivity contribution in [3.05, 3.63) is 35.2 Å². The Kier molecular flexibility index (Phi) is 8.55. The number of likely N-dealkylation sites (N-methyl/N-ethyl adjacent to an activating group) is 2. The van der Waals surface area contributed by atoms with Crippen LogP contribution in [0.1, 0.15) is 42.5 Å². The summed E-state index contributed by atoms with van der Waals surface area (Å²) in [6.07, 6.45) is 5.87. The number of amides is 1. The zero-order chi connectivity index (χ0) is 26.7. The Balaban J connectivity index is 1.36. The molecule has 1 aliphatic heterocycles. The van der Waals surface area contributed by atoms with E-state index in [0.29, 0.717) is 28.6 Å². The lowest BCUT2D eigenvalue weighted by Crippen LogP contribution is -2.52. The average Bonchev–Trinajstić information content (AvgIpc) is 3.29. The van der Waals surface area contributed by atoms with Gasteiger partial charge in [-0.3, -0.25) is 9.69 Å². The molecule has 1 saturated carbocycles. The molecular weight excluding hydrogens is 492 g/mol. The fourth-order valence-electron chi connectivity index (χ4n) is 5.73. The predicted octanol–water partition coefficient (Wildman–Crippen LogP) is 1.89. The van der Waals surface area contributed by atoms with E-state index in [-0.39, 0.29) is 29.1 Å². The lowest BCUT2D eigenvalue weighted by atomic mass is 9.88. The summed E-state index contributed by atoms with van der Waals surface area (Å²) in [4.78, 5) is 20.2. The van der Waals surface area contributed by atoms with Crippen LogP contribution in [0.2, 0.25) is 0 Å². The molecule has 4 rings (SSSR count). The summed E-state index contributed by atoms with van der Waals surface area (Å²) in [5, 5.41) is 8.10. The molecular formula is C26H40N6O4S. The highest BCUT2D eigenvalue weighted by atomic mass is 32.2. The fraction of sp³-hybridized carbons (Fsp3) is 0.654. The second kappa shape index (κ2) is 11.5. The number of ether oxygens (including phenoxy) is 1. The van der Waals surface area contributed by atoms with Gasteiger partial charge in [0.1, 0.15) is 18.0 Å². The maximum absolute atomic E-state index is 13.2. The molecule has 0 radical (unpaired) electrons. The SMILES string of the molecule is COc1cc(C)c(S(=O)(=O)Cc2cn(CC(=O)N(C)[C@H]3CCC[C@@H](N4CCN(C)CC4)C3)nn2)c(C)c1. The fourth-order valence-corrected chi connectivity index (χ4v) is 7.50. The van der Waals surface area contributed by atoms with Gasteiger partial charge in [0.2, 0.25) is 5.91 Å².